The summed E-state index contributed by atoms with van der Waals surface area (Å²) in [6.45, 7) is 1.94. The van der Waals surface area contributed by atoms with Crippen LogP contribution in [0.2, 0.25) is 0 Å². The number of nitrogens with zero attached hydrogens (tertiary/aromatic N) is 4. The number of hydrogen-bond acceptors (Lipinski definition) is 4. The van der Waals surface area contributed by atoms with Crippen LogP contribution in [-0.4, -0.2) is 25.7 Å². The summed E-state index contributed by atoms with van der Waals surface area (Å²) in [6.07, 6.45) is -0.428. The maximum absolute atomic E-state index is 13.6. The monoisotopic (exact) mass is 549 g/mol. The van der Waals surface area contributed by atoms with Crippen LogP contribution in [-0.2, 0) is 6.18 Å². The Hall–Kier alpha value is -3.28. The van der Waals surface area contributed by atoms with E-state index in [1.165, 1.54) is 30.7 Å². The number of halogens is 4. The zero-order valence-electron chi connectivity index (χ0n) is 16.6. The SMILES string of the molecule is Cc1ccc(C(=O)Nc2ccc(-n3nc(-c4cccnc4)cc3C(F)(F)F)cn2)cc1I. The third-order valence-corrected chi connectivity index (χ3v) is 5.79. The van der Waals surface area contributed by atoms with Crippen molar-refractivity contribution in [3.05, 3.63) is 87.5 Å². The summed E-state index contributed by atoms with van der Waals surface area (Å²) >= 11 is 2.14. The number of anilines is 1. The fraction of sp³-hybridized carbons (Fsp3) is 0.0909. The molecule has 4 rings (SSSR count). The molecular weight excluding hydrogens is 534 g/mol. The average Bonchev–Trinajstić information content (AvgIpc) is 3.23. The molecular formula is C22H15F3IN5O. The van der Waals surface area contributed by atoms with Gasteiger partial charge in [0.05, 0.1) is 17.6 Å². The van der Waals surface area contributed by atoms with Gasteiger partial charge in [-0.25, -0.2) is 9.67 Å². The van der Waals surface area contributed by atoms with Gasteiger partial charge in [0.1, 0.15) is 11.5 Å². The van der Waals surface area contributed by atoms with E-state index in [0.29, 0.717) is 11.1 Å². The van der Waals surface area contributed by atoms with Gasteiger partial charge in [0.2, 0.25) is 0 Å². The molecule has 0 aliphatic carbocycles. The molecule has 3 heterocycles. The van der Waals surface area contributed by atoms with Crippen molar-refractivity contribution in [3.8, 4) is 16.9 Å². The topological polar surface area (TPSA) is 72.7 Å². The van der Waals surface area contributed by atoms with Gasteiger partial charge in [-0.1, -0.05) is 6.07 Å². The average molecular weight is 549 g/mol. The number of hydrogen-bond donors (Lipinski definition) is 1. The summed E-state index contributed by atoms with van der Waals surface area (Å²) in [6, 6.07) is 12.3. The number of alkyl halides is 3. The van der Waals surface area contributed by atoms with Gasteiger partial charge in [-0.2, -0.15) is 18.3 Å². The largest absolute Gasteiger partial charge is 0.433 e. The Morgan fingerprint density at radius 1 is 1.09 bits per heavy atom. The highest BCUT2D eigenvalue weighted by Gasteiger charge is 2.36. The van der Waals surface area contributed by atoms with Crippen molar-refractivity contribution in [2.75, 3.05) is 5.32 Å². The van der Waals surface area contributed by atoms with Crippen molar-refractivity contribution >= 4 is 34.3 Å². The Morgan fingerprint density at radius 3 is 2.53 bits per heavy atom. The summed E-state index contributed by atoms with van der Waals surface area (Å²) in [4.78, 5) is 20.5. The molecule has 0 bridgehead atoms. The van der Waals surface area contributed by atoms with Crippen molar-refractivity contribution in [2.45, 2.75) is 13.1 Å². The first-order chi connectivity index (χ1) is 15.2. The van der Waals surface area contributed by atoms with Crippen molar-refractivity contribution in [2.24, 2.45) is 0 Å². The van der Waals surface area contributed by atoms with E-state index in [2.05, 4.69) is 43.0 Å². The Labute approximate surface area is 194 Å². The van der Waals surface area contributed by atoms with E-state index in [4.69, 9.17) is 0 Å². The number of benzene rings is 1. The Morgan fingerprint density at radius 2 is 1.91 bits per heavy atom. The summed E-state index contributed by atoms with van der Waals surface area (Å²) < 4.78 is 42.6. The lowest BCUT2D eigenvalue weighted by Crippen LogP contribution is -2.15. The van der Waals surface area contributed by atoms with E-state index >= 15 is 0 Å². The van der Waals surface area contributed by atoms with Crippen LogP contribution in [0, 0.1) is 10.5 Å². The van der Waals surface area contributed by atoms with Gasteiger partial charge < -0.3 is 5.32 Å². The molecule has 3 aromatic heterocycles. The minimum Gasteiger partial charge on any atom is -0.307 e. The molecule has 0 atom stereocenters. The van der Waals surface area contributed by atoms with Crippen molar-refractivity contribution in [1.82, 2.24) is 19.7 Å². The van der Waals surface area contributed by atoms with Gasteiger partial charge in [-0.15, -0.1) is 0 Å². The fourth-order valence-electron chi connectivity index (χ4n) is 2.94. The van der Waals surface area contributed by atoms with Gasteiger partial charge in [-0.3, -0.25) is 9.78 Å². The second-order valence-electron chi connectivity index (χ2n) is 6.89. The molecule has 10 heteroatoms. The maximum Gasteiger partial charge on any atom is 0.433 e. The third-order valence-electron chi connectivity index (χ3n) is 4.63. The lowest BCUT2D eigenvalue weighted by Gasteiger charge is -2.11. The summed E-state index contributed by atoms with van der Waals surface area (Å²) in [5.74, 6) is -0.153. The van der Waals surface area contributed by atoms with Gasteiger partial charge in [0, 0.05) is 27.1 Å². The second kappa shape index (κ2) is 8.69. The minimum absolute atomic E-state index is 0.107. The normalized spacial score (nSPS) is 11.4. The Kier molecular flexibility index (Phi) is 5.96. The number of amides is 1. The molecule has 162 valence electrons. The lowest BCUT2D eigenvalue weighted by atomic mass is 10.1. The molecule has 6 nitrogen and oxygen atoms in total. The first kappa shape index (κ1) is 21.9. The zero-order chi connectivity index (χ0) is 22.9. The molecule has 0 fully saturated rings. The molecule has 0 unspecified atom stereocenters. The lowest BCUT2D eigenvalue weighted by molar-refractivity contribution is -0.142. The fourth-order valence-corrected chi connectivity index (χ4v) is 3.46. The Bertz CT molecular complexity index is 1270. The molecule has 32 heavy (non-hydrogen) atoms. The third kappa shape index (κ3) is 4.64. The number of nitrogens with one attached hydrogen (secondary N) is 1. The van der Waals surface area contributed by atoms with Crippen LogP contribution in [0.1, 0.15) is 21.6 Å². The van der Waals surface area contributed by atoms with Crippen LogP contribution in [0.4, 0.5) is 19.0 Å². The first-order valence-electron chi connectivity index (χ1n) is 9.34. The molecule has 1 N–H and O–H groups in total. The van der Waals surface area contributed by atoms with E-state index in [1.807, 2.05) is 13.0 Å². The van der Waals surface area contributed by atoms with E-state index in [0.717, 1.165) is 19.9 Å². The number of rotatable bonds is 4. The minimum atomic E-state index is -4.62. The standard InChI is InChI=1S/C22H15F3IN5O/c1-13-4-5-14(9-17(13)26)21(32)29-20-7-6-16(12-28-20)31-19(22(23,24)25)10-18(30-31)15-3-2-8-27-11-15/h2-12H,1H3,(H,28,29,32). The molecule has 1 amide bonds. The predicted molar refractivity (Wildman–Crippen MR) is 121 cm³/mol. The molecule has 0 radical (unpaired) electrons. The second-order valence-corrected chi connectivity index (χ2v) is 8.05. The number of aromatic nitrogens is 4. The summed E-state index contributed by atoms with van der Waals surface area (Å²) in [5, 5.41) is 6.75. The molecule has 0 saturated carbocycles. The zero-order valence-corrected chi connectivity index (χ0v) is 18.7. The van der Waals surface area contributed by atoms with Crippen molar-refractivity contribution in [3.63, 3.8) is 0 Å². The Balaban J connectivity index is 1.61. The van der Waals surface area contributed by atoms with Crippen LogP contribution in [0.3, 0.4) is 0 Å². The summed E-state index contributed by atoms with van der Waals surface area (Å²) in [7, 11) is 0. The van der Waals surface area contributed by atoms with Gasteiger partial charge in [-0.05, 0) is 77.5 Å². The van der Waals surface area contributed by atoms with Crippen LogP contribution in [0.15, 0.2) is 67.1 Å². The van der Waals surface area contributed by atoms with Gasteiger partial charge >= 0.3 is 6.18 Å². The number of carbonyl (C=O) groups is 1. The number of carbonyl (C=O) groups excluding carboxylic acids is 1. The molecule has 1 aromatic carbocycles. The first-order valence-corrected chi connectivity index (χ1v) is 10.4. The number of pyridine rings is 2. The van der Waals surface area contributed by atoms with E-state index in [-0.39, 0.29) is 23.1 Å². The van der Waals surface area contributed by atoms with E-state index in [1.54, 1.807) is 24.3 Å². The molecule has 0 aliphatic rings. The van der Waals surface area contributed by atoms with Gasteiger partial charge in [0.15, 0.2) is 0 Å². The van der Waals surface area contributed by atoms with Crippen LogP contribution < -0.4 is 5.32 Å². The van der Waals surface area contributed by atoms with E-state index < -0.39 is 11.9 Å². The molecule has 0 aliphatic heterocycles. The van der Waals surface area contributed by atoms with Crippen molar-refractivity contribution in [1.29, 1.82) is 0 Å². The smallest absolute Gasteiger partial charge is 0.307 e. The van der Waals surface area contributed by atoms with E-state index in [9.17, 15) is 18.0 Å². The molecule has 4 aromatic rings. The maximum atomic E-state index is 13.6. The van der Waals surface area contributed by atoms with Crippen molar-refractivity contribution < 1.29 is 18.0 Å². The van der Waals surface area contributed by atoms with Gasteiger partial charge in [0.25, 0.3) is 5.91 Å². The molecule has 0 saturated heterocycles. The summed E-state index contributed by atoms with van der Waals surface area (Å²) in [5.41, 5.74) is 1.27. The number of aryl methyl sites for hydroxylation is 1. The van der Waals surface area contributed by atoms with Crippen LogP contribution in [0.5, 0.6) is 0 Å². The van der Waals surface area contributed by atoms with Crippen LogP contribution >= 0.6 is 22.6 Å². The predicted octanol–water partition coefficient (Wildman–Crippen LogP) is 5.51. The molecule has 0 spiro atoms. The highest BCUT2D eigenvalue weighted by Crippen LogP contribution is 2.34. The quantitative estimate of drug-likeness (QED) is 0.341. The highest BCUT2D eigenvalue weighted by atomic mass is 127. The highest BCUT2D eigenvalue weighted by molar-refractivity contribution is 14.1. The van der Waals surface area contributed by atoms with Crippen LogP contribution in [0.25, 0.3) is 16.9 Å².